The second kappa shape index (κ2) is 12.2. The Kier molecular flexibility index (Phi) is 8.49. The van der Waals surface area contributed by atoms with Crippen LogP contribution in [0.4, 0.5) is 24.7 Å². The van der Waals surface area contributed by atoms with E-state index in [1.807, 2.05) is 0 Å². The van der Waals surface area contributed by atoms with Crippen molar-refractivity contribution >= 4 is 45.8 Å². The molecule has 0 radical (unpaired) electrons. The fourth-order valence-electron chi connectivity index (χ4n) is 4.91. The number of halogens is 4. The van der Waals surface area contributed by atoms with Crippen molar-refractivity contribution in [2.75, 3.05) is 17.7 Å². The first-order chi connectivity index (χ1) is 20.1. The van der Waals surface area contributed by atoms with Crippen LogP contribution in [-0.2, 0) is 11.3 Å². The fourth-order valence-corrected chi connectivity index (χ4v) is 5.11. The number of benzene rings is 3. The summed E-state index contributed by atoms with van der Waals surface area (Å²) in [6, 6.07) is 15.4. The minimum Gasteiger partial charge on any atom is -0.406 e. The number of ether oxygens (including phenoxy) is 1. The van der Waals surface area contributed by atoms with Gasteiger partial charge in [0.1, 0.15) is 11.6 Å². The zero-order valence-corrected chi connectivity index (χ0v) is 23.3. The van der Waals surface area contributed by atoms with Gasteiger partial charge in [0.05, 0.1) is 16.1 Å². The Hall–Kier alpha value is -4.38. The number of fused-ring (bicyclic) bond motifs is 1. The summed E-state index contributed by atoms with van der Waals surface area (Å²) in [7, 11) is 1.69. The van der Waals surface area contributed by atoms with Crippen LogP contribution < -0.4 is 20.7 Å². The zero-order valence-electron chi connectivity index (χ0n) is 22.5. The Balaban J connectivity index is 1.35. The molecule has 1 aromatic heterocycles. The van der Waals surface area contributed by atoms with E-state index in [-0.39, 0.29) is 34.0 Å². The van der Waals surface area contributed by atoms with E-state index in [0.717, 1.165) is 31.2 Å². The van der Waals surface area contributed by atoms with Gasteiger partial charge in [-0.05, 0) is 73.0 Å². The van der Waals surface area contributed by atoms with E-state index in [9.17, 15) is 22.8 Å². The highest BCUT2D eigenvalue weighted by Gasteiger charge is 2.31. The van der Waals surface area contributed by atoms with Crippen molar-refractivity contribution in [3.05, 3.63) is 76.8 Å². The number of carbonyl (C=O) groups excluding carboxylic acids is 2. The molecule has 0 atom stereocenters. The van der Waals surface area contributed by atoms with Gasteiger partial charge in [-0.15, -0.1) is 13.2 Å². The number of anilines is 2. The first-order valence-corrected chi connectivity index (χ1v) is 13.7. The predicted molar refractivity (Wildman–Crippen MR) is 154 cm³/mol. The van der Waals surface area contributed by atoms with Gasteiger partial charge in [-0.2, -0.15) is 0 Å². The molecular formula is C30H27ClF3N5O3. The summed E-state index contributed by atoms with van der Waals surface area (Å²) in [4.78, 5) is 34.7. The largest absolute Gasteiger partial charge is 0.573 e. The highest BCUT2D eigenvalue weighted by molar-refractivity contribution is 6.34. The fraction of sp³-hybridized carbons (Fsp3) is 0.267. The van der Waals surface area contributed by atoms with Gasteiger partial charge in [-0.1, -0.05) is 30.5 Å². The summed E-state index contributed by atoms with van der Waals surface area (Å²) in [5, 5.41) is 9.73. The molecule has 42 heavy (non-hydrogen) atoms. The minimum absolute atomic E-state index is 0.0255. The topological polar surface area (TPSA) is 105 Å². The molecule has 218 valence electrons. The summed E-state index contributed by atoms with van der Waals surface area (Å²) in [5.41, 5.74) is 2.42. The molecule has 0 unspecified atom stereocenters. The average molecular weight is 598 g/mol. The summed E-state index contributed by atoms with van der Waals surface area (Å²) in [6.45, 7) is 0.290. The van der Waals surface area contributed by atoms with Crippen molar-refractivity contribution < 1.29 is 27.5 Å². The number of carbonyl (C=O) groups is 2. The van der Waals surface area contributed by atoms with Gasteiger partial charge < -0.3 is 20.7 Å². The summed E-state index contributed by atoms with van der Waals surface area (Å²) < 4.78 is 41.5. The molecule has 5 rings (SSSR count). The molecule has 3 N–H and O–H groups in total. The number of amides is 2. The van der Waals surface area contributed by atoms with Crippen LogP contribution in [0.3, 0.4) is 0 Å². The summed E-state index contributed by atoms with van der Waals surface area (Å²) >= 11 is 6.35. The maximum Gasteiger partial charge on any atom is 0.573 e. The minimum atomic E-state index is -4.79. The van der Waals surface area contributed by atoms with Crippen LogP contribution in [0.25, 0.3) is 22.3 Å². The SMILES string of the molecule is CNc1nc(-c2ccc(OC(F)(F)F)cc2)nc2cc(NC(=O)c3cc(CNC(=O)C4CCCC4)ccc3Cl)ccc12. The van der Waals surface area contributed by atoms with E-state index in [4.69, 9.17) is 11.6 Å². The smallest absolute Gasteiger partial charge is 0.406 e. The van der Waals surface area contributed by atoms with Crippen LogP contribution in [0, 0.1) is 5.92 Å². The van der Waals surface area contributed by atoms with Gasteiger partial charge in [-0.25, -0.2) is 9.97 Å². The Morgan fingerprint density at radius 3 is 2.43 bits per heavy atom. The molecule has 4 aromatic rings. The number of hydrogen-bond donors (Lipinski definition) is 3. The lowest BCUT2D eigenvalue weighted by atomic mass is 10.1. The normalized spacial score (nSPS) is 13.6. The molecule has 0 bridgehead atoms. The van der Waals surface area contributed by atoms with Gasteiger partial charge in [0.2, 0.25) is 5.91 Å². The first kappa shape index (κ1) is 29.1. The van der Waals surface area contributed by atoms with Crippen molar-refractivity contribution in [2.45, 2.75) is 38.6 Å². The Labute approximate surface area is 244 Å². The average Bonchev–Trinajstić information content (AvgIpc) is 3.51. The summed E-state index contributed by atoms with van der Waals surface area (Å²) in [5.74, 6) is 0.0423. The monoisotopic (exact) mass is 597 g/mol. The predicted octanol–water partition coefficient (Wildman–Crippen LogP) is 6.95. The molecule has 1 heterocycles. The van der Waals surface area contributed by atoms with E-state index in [0.29, 0.717) is 34.5 Å². The third-order valence-electron chi connectivity index (χ3n) is 7.01. The first-order valence-electron chi connectivity index (χ1n) is 13.3. The molecule has 1 aliphatic rings. The third kappa shape index (κ3) is 6.91. The molecule has 1 saturated carbocycles. The van der Waals surface area contributed by atoms with Crippen LogP contribution >= 0.6 is 11.6 Å². The Bertz CT molecular complexity index is 1620. The maximum absolute atomic E-state index is 13.2. The van der Waals surface area contributed by atoms with E-state index >= 15 is 0 Å². The second-order valence-corrected chi connectivity index (χ2v) is 10.3. The lowest BCUT2D eigenvalue weighted by Crippen LogP contribution is -2.28. The van der Waals surface area contributed by atoms with Gasteiger partial charge >= 0.3 is 6.36 Å². The second-order valence-electron chi connectivity index (χ2n) is 9.92. The van der Waals surface area contributed by atoms with Crippen molar-refractivity contribution in [2.24, 2.45) is 5.92 Å². The molecule has 1 aliphatic carbocycles. The van der Waals surface area contributed by atoms with Crippen LogP contribution in [0.15, 0.2) is 60.7 Å². The van der Waals surface area contributed by atoms with E-state index in [1.165, 1.54) is 24.3 Å². The standard InChI is InChI=1S/C30H27ClF3N5O3/c1-35-27-22-12-9-20(15-25(22)38-26(39-27)18-7-10-21(11-8-18)42-30(32,33)34)37-29(41)23-14-17(6-13-24(23)31)16-36-28(40)19-4-2-3-5-19/h6-15,19H,2-5,16H2,1H3,(H,36,40)(H,37,41)(H,35,38,39). The zero-order chi connectivity index (χ0) is 29.9. The van der Waals surface area contributed by atoms with Crippen molar-refractivity contribution in [3.8, 4) is 17.1 Å². The Morgan fingerprint density at radius 1 is 1.00 bits per heavy atom. The van der Waals surface area contributed by atoms with Crippen LogP contribution in [0.5, 0.6) is 5.75 Å². The van der Waals surface area contributed by atoms with Gasteiger partial charge in [0.25, 0.3) is 5.91 Å². The van der Waals surface area contributed by atoms with E-state index in [1.54, 1.807) is 43.4 Å². The molecule has 12 heteroatoms. The lowest BCUT2D eigenvalue weighted by molar-refractivity contribution is -0.274. The number of nitrogens with one attached hydrogen (secondary N) is 3. The molecule has 0 aliphatic heterocycles. The van der Waals surface area contributed by atoms with Crippen molar-refractivity contribution in [3.63, 3.8) is 0 Å². The molecular weight excluding hydrogens is 571 g/mol. The molecule has 3 aromatic carbocycles. The molecule has 2 amide bonds. The quantitative estimate of drug-likeness (QED) is 0.203. The number of aromatic nitrogens is 2. The van der Waals surface area contributed by atoms with E-state index < -0.39 is 12.3 Å². The summed E-state index contributed by atoms with van der Waals surface area (Å²) in [6.07, 6.45) is -0.864. The number of rotatable bonds is 8. The van der Waals surface area contributed by atoms with Crippen LogP contribution in [-0.4, -0.2) is 35.2 Å². The highest BCUT2D eigenvalue weighted by atomic mass is 35.5. The number of nitrogens with zero attached hydrogens (tertiary/aromatic N) is 2. The molecule has 8 nitrogen and oxygen atoms in total. The maximum atomic E-state index is 13.2. The van der Waals surface area contributed by atoms with Crippen LogP contribution in [0.1, 0.15) is 41.6 Å². The molecule has 0 spiro atoms. The molecule has 1 fully saturated rings. The number of hydrogen-bond acceptors (Lipinski definition) is 6. The third-order valence-corrected chi connectivity index (χ3v) is 7.34. The van der Waals surface area contributed by atoms with Gasteiger partial charge in [0, 0.05) is 36.1 Å². The van der Waals surface area contributed by atoms with Gasteiger partial charge in [0.15, 0.2) is 5.82 Å². The number of alkyl halides is 3. The Morgan fingerprint density at radius 2 is 1.74 bits per heavy atom. The van der Waals surface area contributed by atoms with Gasteiger partial charge in [-0.3, -0.25) is 9.59 Å². The lowest BCUT2D eigenvalue weighted by Gasteiger charge is -2.13. The van der Waals surface area contributed by atoms with Crippen LogP contribution in [0.2, 0.25) is 5.02 Å². The highest BCUT2D eigenvalue weighted by Crippen LogP contribution is 2.30. The molecule has 0 saturated heterocycles. The van der Waals surface area contributed by atoms with E-state index in [2.05, 4.69) is 30.7 Å². The van der Waals surface area contributed by atoms with Crippen molar-refractivity contribution in [1.82, 2.24) is 15.3 Å². The van der Waals surface area contributed by atoms with Crippen molar-refractivity contribution in [1.29, 1.82) is 0 Å².